The number of aryl methyl sites for hydroxylation is 1. The van der Waals surface area contributed by atoms with Gasteiger partial charge in [-0.25, -0.2) is 0 Å². The highest BCUT2D eigenvalue weighted by atomic mass is 35.5. The van der Waals surface area contributed by atoms with Crippen molar-refractivity contribution in [3.8, 4) is 5.75 Å². The Morgan fingerprint density at radius 1 is 1.48 bits per heavy atom. The fourth-order valence-corrected chi connectivity index (χ4v) is 3.81. The van der Waals surface area contributed by atoms with E-state index < -0.39 is 0 Å². The molecule has 1 saturated heterocycles. The molecule has 0 unspecified atom stereocenters. The number of carbonyl (C=O) groups excluding carboxylic acids is 1. The fraction of sp³-hybridized carbons (Fsp3) is 0.588. The van der Waals surface area contributed by atoms with Gasteiger partial charge in [0.2, 0.25) is 0 Å². The lowest BCUT2D eigenvalue weighted by atomic mass is 9.67. The van der Waals surface area contributed by atoms with Crippen molar-refractivity contribution in [3.63, 3.8) is 0 Å². The predicted molar refractivity (Wildman–Crippen MR) is 86.8 cm³/mol. The highest BCUT2D eigenvalue weighted by molar-refractivity contribution is 6.30. The number of rotatable bonds is 6. The topological polar surface area (TPSA) is 56.8 Å². The number of amides is 1. The minimum absolute atomic E-state index is 0.00306. The van der Waals surface area contributed by atoms with Crippen molar-refractivity contribution in [2.75, 3.05) is 26.9 Å². The molecule has 1 aliphatic heterocycles. The van der Waals surface area contributed by atoms with Crippen LogP contribution in [-0.2, 0) is 14.3 Å². The van der Waals surface area contributed by atoms with Crippen LogP contribution in [-0.4, -0.2) is 45.0 Å². The van der Waals surface area contributed by atoms with E-state index >= 15 is 0 Å². The quantitative estimate of drug-likeness (QED) is 0.863. The molecule has 0 radical (unpaired) electrons. The minimum Gasteiger partial charge on any atom is -0.484 e. The number of halogens is 1. The molecule has 1 aromatic carbocycles. The van der Waals surface area contributed by atoms with Crippen LogP contribution in [0.5, 0.6) is 5.75 Å². The predicted octanol–water partition coefficient (Wildman–Crippen LogP) is 2.19. The first-order valence-electron chi connectivity index (χ1n) is 7.89. The highest BCUT2D eigenvalue weighted by Crippen LogP contribution is 2.43. The van der Waals surface area contributed by atoms with Crippen molar-refractivity contribution in [2.45, 2.75) is 25.5 Å². The Morgan fingerprint density at radius 2 is 2.30 bits per heavy atom. The zero-order valence-electron chi connectivity index (χ0n) is 13.4. The largest absolute Gasteiger partial charge is 0.484 e. The van der Waals surface area contributed by atoms with E-state index in [1.165, 1.54) is 0 Å². The van der Waals surface area contributed by atoms with E-state index in [9.17, 15) is 4.79 Å². The minimum atomic E-state index is -0.115. The van der Waals surface area contributed by atoms with Gasteiger partial charge in [-0.15, -0.1) is 0 Å². The van der Waals surface area contributed by atoms with Crippen LogP contribution in [0.1, 0.15) is 12.0 Å². The monoisotopic (exact) mass is 339 g/mol. The number of benzene rings is 1. The lowest BCUT2D eigenvalue weighted by Crippen LogP contribution is -2.63. The normalized spacial score (nSPS) is 28.8. The summed E-state index contributed by atoms with van der Waals surface area (Å²) in [4.78, 5) is 12.2. The molecule has 4 atom stereocenters. The molecule has 1 heterocycles. The Balaban J connectivity index is 1.52. The molecule has 0 aromatic heterocycles. The Labute approximate surface area is 141 Å². The van der Waals surface area contributed by atoms with Crippen LogP contribution >= 0.6 is 11.6 Å². The summed E-state index contributed by atoms with van der Waals surface area (Å²) < 4.78 is 16.6. The molecule has 2 fully saturated rings. The van der Waals surface area contributed by atoms with E-state index in [2.05, 4.69) is 5.32 Å². The first-order chi connectivity index (χ1) is 11.1. The number of hydrogen-bond donors (Lipinski definition) is 1. The average Bonchev–Trinajstić information content (AvgIpc) is 2.94. The van der Waals surface area contributed by atoms with Crippen molar-refractivity contribution in [1.82, 2.24) is 5.32 Å². The summed E-state index contributed by atoms with van der Waals surface area (Å²) in [6, 6.07) is 5.46. The third-order valence-electron chi connectivity index (χ3n) is 4.71. The van der Waals surface area contributed by atoms with Crippen LogP contribution in [0, 0.1) is 18.8 Å². The zero-order valence-corrected chi connectivity index (χ0v) is 14.1. The molecular formula is C17H22ClNO4. The van der Waals surface area contributed by atoms with Gasteiger partial charge in [-0.2, -0.15) is 0 Å². The van der Waals surface area contributed by atoms with Crippen LogP contribution in [0.4, 0.5) is 0 Å². The summed E-state index contributed by atoms with van der Waals surface area (Å²) in [6.07, 6.45) is 1.21. The van der Waals surface area contributed by atoms with E-state index in [4.69, 9.17) is 25.8 Å². The third kappa shape index (κ3) is 3.47. The second kappa shape index (κ2) is 7.07. The summed E-state index contributed by atoms with van der Waals surface area (Å²) in [6.45, 7) is 3.27. The van der Waals surface area contributed by atoms with Gasteiger partial charge in [-0.1, -0.05) is 11.6 Å². The van der Waals surface area contributed by atoms with Gasteiger partial charge in [0.05, 0.1) is 12.7 Å². The van der Waals surface area contributed by atoms with Gasteiger partial charge in [0.15, 0.2) is 6.61 Å². The molecule has 23 heavy (non-hydrogen) atoms. The van der Waals surface area contributed by atoms with Crippen LogP contribution in [0.3, 0.4) is 0 Å². The van der Waals surface area contributed by atoms with E-state index in [1.54, 1.807) is 19.2 Å². The lowest BCUT2D eigenvalue weighted by Gasteiger charge is -2.47. The van der Waals surface area contributed by atoms with Crippen molar-refractivity contribution < 1.29 is 19.0 Å². The van der Waals surface area contributed by atoms with Gasteiger partial charge in [0.25, 0.3) is 5.91 Å². The summed E-state index contributed by atoms with van der Waals surface area (Å²) in [5.41, 5.74) is 0.912. The van der Waals surface area contributed by atoms with Gasteiger partial charge in [-0.05, 0) is 37.1 Å². The second-order valence-corrected chi connectivity index (χ2v) is 6.64. The molecule has 1 saturated carbocycles. The SMILES string of the molecule is COC[C@H]1[C@@H](NC(=O)COc2ccc(Cl)cc2C)[C@@H]2CCO[C@@H]21. The van der Waals surface area contributed by atoms with E-state index in [0.717, 1.165) is 18.6 Å². The maximum atomic E-state index is 12.2. The van der Waals surface area contributed by atoms with Crippen LogP contribution in [0.2, 0.25) is 5.02 Å². The summed E-state index contributed by atoms with van der Waals surface area (Å²) in [5.74, 6) is 1.19. The van der Waals surface area contributed by atoms with Crippen LogP contribution < -0.4 is 10.1 Å². The first-order valence-corrected chi connectivity index (χ1v) is 8.27. The number of fused-ring (bicyclic) bond motifs is 1. The Bertz CT molecular complexity index is 580. The number of ether oxygens (including phenoxy) is 3. The first kappa shape index (κ1) is 16.6. The molecule has 3 rings (SSSR count). The third-order valence-corrected chi connectivity index (χ3v) is 4.95. The van der Waals surface area contributed by atoms with Gasteiger partial charge in [0, 0.05) is 36.6 Å². The molecule has 1 N–H and O–H groups in total. The van der Waals surface area contributed by atoms with Crippen molar-refractivity contribution in [3.05, 3.63) is 28.8 Å². The molecule has 0 spiro atoms. The van der Waals surface area contributed by atoms with Crippen LogP contribution in [0.15, 0.2) is 18.2 Å². The van der Waals surface area contributed by atoms with E-state index in [1.807, 2.05) is 13.0 Å². The second-order valence-electron chi connectivity index (χ2n) is 6.20. The van der Waals surface area contributed by atoms with E-state index in [-0.39, 0.29) is 30.6 Å². The Hall–Kier alpha value is -1.30. The Kier molecular flexibility index (Phi) is 5.09. The van der Waals surface area contributed by atoms with Crippen molar-refractivity contribution in [2.24, 2.45) is 11.8 Å². The molecule has 2 aliphatic rings. The lowest BCUT2D eigenvalue weighted by molar-refractivity contribution is -0.131. The maximum Gasteiger partial charge on any atom is 0.258 e. The number of methoxy groups -OCH3 is 1. The number of carbonyl (C=O) groups is 1. The van der Waals surface area contributed by atoms with Gasteiger partial charge in [0.1, 0.15) is 5.75 Å². The molecule has 6 heteroatoms. The molecular weight excluding hydrogens is 318 g/mol. The number of nitrogens with one attached hydrogen (secondary N) is 1. The smallest absolute Gasteiger partial charge is 0.258 e. The van der Waals surface area contributed by atoms with Crippen LogP contribution in [0.25, 0.3) is 0 Å². The zero-order chi connectivity index (χ0) is 16.4. The molecule has 1 amide bonds. The fourth-order valence-electron chi connectivity index (χ4n) is 3.58. The molecule has 5 nitrogen and oxygen atoms in total. The summed E-state index contributed by atoms with van der Waals surface area (Å²) in [7, 11) is 1.67. The summed E-state index contributed by atoms with van der Waals surface area (Å²) >= 11 is 5.91. The number of hydrogen-bond acceptors (Lipinski definition) is 4. The molecule has 126 valence electrons. The average molecular weight is 340 g/mol. The van der Waals surface area contributed by atoms with Gasteiger partial charge >= 0.3 is 0 Å². The van der Waals surface area contributed by atoms with Crippen molar-refractivity contribution >= 4 is 17.5 Å². The summed E-state index contributed by atoms with van der Waals surface area (Å²) in [5, 5.41) is 3.73. The standard InChI is InChI=1S/C17H22ClNO4/c1-10-7-11(18)3-4-14(10)23-9-15(20)19-16-12-5-6-22-17(12)13(16)8-21-2/h3-4,7,12-13,16-17H,5-6,8-9H2,1-2H3,(H,19,20)/t12-,13-,16-,17-/m0/s1. The molecule has 1 aliphatic carbocycles. The van der Waals surface area contributed by atoms with E-state index in [0.29, 0.717) is 23.3 Å². The van der Waals surface area contributed by atoms with Crippen molar-refractivity contribution in [1.29, 1.82) is 0 Å². The maximum absolute atomic E-state index is 12.2. The highest BCUT2D eigenvalue weighted by Gasteiger charge is 2.54. The van der Waals surface area contributed by atoms with Gasteiger partial charge in [-0.3, -0.25) is 4.79 Å². The Morgan fingerprint density at radius 3 is 3.04 bits per heavy atom. The van der Waals surface area contributed by atoms with Gasteiger partial charge < -0.3 is 19.5 Å². The molecule has 1 aromatic rings. The molecule has 0 bridgehead atoms.